The van der Waals surface area contributed by atoms with Gasteiger partial charge in [0.15, 0.2) is 34.4 Å². The number of carbonyl (C=O) groups is 2. The monoisotopic (exact) mass is 700 g/mol. The minimum Gasteiger partial charge on any atom is -0.490 e. The highest BCUT2D eigenvalue weighted by Crippen LogP contribution is 2.36. The zero-order valence-electron chi connectivity index (χ0n) is 28.9. The van der Waals surface area contributed by atoms with Gasteiger partial charge in [-0.15, -0.1) is 0 Å². The topological polar surface area (TPSA) is 124 Å². The number of allylic oxidation sites excluding steroid dienone is 1. The predicted molar refractivity (Wildman–Crippen MR) is 189 cm³/mol. The van der Waals surface area contributed by atoms with E-state index in [1.54, 1.807) is 38.1 Å². The van der Waals surface area contributed by atoms with Crippen molar-refractivity contribution in [1.29, 1.82) is 0 Å². The summed E-state index contributed by atoms with van der Waals surface area (Å²) in [6.07, 6.45) is 1.77. The molecule has 12 heteroatoms. The predicted octanol–water partition coefficient (Wildman–Crippen LogP) is 5.03. The highest BCUT2D eigenvalue weighted by Gasteiger charge is 2.34. The average Bonchev–Trinajstić information content (AvgIpc) is 3.41. The van der Waals surface area contributed by atoms with Gasteiger partial charge in [0.2, 0.25) is 0 Å². The maximum atomic E-state index is 14.2. The lowest BCUT2D eigenvalue weighted by Gasteiger charge is -2.25. The molecule has 0 N–H and O–H groups in total. The van der Waals surface area contributed by atoms with Crippen LogP contribution in [0.3, 0.4) is 0 Å². The Labute approximate surface area is 294 Å². The lowest BCUT2D eigenvalue weighted by Crippen LogP contribution is -2.40. The van der Waals surface area contributed by atoms with E-state index >= 15 is 0 Å². The molecule has 3 aromatic carbocycles. The van der Waals surface area contributed by atoms with Crippen molar-refractivity contribution < 1.29 is 38.0 Å². The average molecular weight is 701 g/mol. The molecule has 0 amide bonds. The van der Waals surface area contributed by atoms with Crippen LogP contribution in [0.4, 0.5) is 0 Å². The molecule has 0 fully saturated rings. The number of aryl methyl sites for hydroxylation is 1. The van der Waals surface area contributed by atoms with E-state index in [-0.39, 0.29) is 24.3 Å². The molecule has 262 valence electrons. The fourth-order valence-corrected chi connectivity index (χ4v) is 6.43. The third-order valence-electron chi connectivity index (χ3n) is 7.75. The second-order valence-corrected chi connectivity index (χ2v) is 12.2. The van der Waals surface area contributed by atoms with Gasteiger partial charge in [-0.25, -0.2) is 14.6 Å². The smallest absolute Gasteiger partial charge is 0.343 e. The Morgan fingerprint density at radius 3 is 2.20 bits per heavy atom. The molecular weight excluding hydrogens is 660 g/mol. The lowest BCUT2D eigenvalue weighted by atomic mass is 9.95. The highest BCUT2D eigenvalue weighted by molar-refractivity contribution is 7.07. The summed E-state index contributed by atoms with van der Waals surface area (Å²) in [4.78, 5) is 44.5. The van der Waals surface area contributed by atoms with E-state index in [1.807, 2.05) is 63.2 Å². The number of thiazole rings is 1. The van der Waals surface area contributed by atoms with E-state index in [1.165, 1.54) is 28.6 Å². The maximum absolute atomic E-state index is 14.2. The molecule has 0 bridgehead atoms. The number of hydrogen-bond acceptors (Lipinski definition) is 11. The van der Waals surface area contributed by atoms with E-state index < -0.39 is 18.0 Å². The Balaban J connectivity index is 1.56. The summed E-state index contributed by atoms with van der Waals surface area (Å²) in [5.74, 6) is 0.650. The van der Waals surface area contributed by atoms with Gasteiger partial charge in [0.1, 0.15) is 6.61 Å². The van der Waals surface area contributed by atoms with E-state index in [0.717, 1.165) is 11.1 Å². The molecule has 0 saturated carbocycles. The van der Waals surface area contributed by atoms with Crippen molar-refractivity contribution in [3.63, 3.8) is 0 Å². The Hall–Kier alpha value is -5.36. The van der Waals surface area contributed by atoms with Crippen LogP contribution in [0.5, 0.6) is 23.0 Å². The van der Waals surface area contributed by atoms with Crippen LogP contribution in [-0.4, -0.2) is 50.0 Å². The summed E-state index contributed by atoms with van der Waals surface area (Å²) in [5, 5.41) is 0. The minimum absolute atomic E-state index is 0.143. The Morgan fingerprint density at radius 1 is 0.840 bits per heavy atom. The molecule has 1 aliphatic heterocycles. The van der Waals surface area contributed by atoms with Crippen molar-refractivity contribution in [2.45, 2.75) is 47.3 Å². The van der Waals surface area contributed by atoms with Crippen LogP contribution in [0, 0.1) is 6.92 Å². The molecule has 0 unspecified atom stereocenters. The lowest BCUT2D eigenvalue weighted by molar-refractivity contribution is -0.143. The summed E-state index contributed by atoms with van der Waals surface area (Å²) < 4.78 is 35.5. The SMILES string of the molecule is CCOC(=O)C1=C(C)N=c2s/c(=C\c3ccc(OCc4ccc(C)cc4)c(OCC)c3)c(=O)n2[C@@H]1c1ccc(OCC(=O)OC)c(OCC)c1. The molecule has 4 aromatic rings. The maximum Gasteiger partial charge on any atom is 0.343 e. The van der Waals surface area contributed by atoms with Crippen LogP contribution in [0.15, 0.2) is 81.7 Å². The molecule has 0 spiro atoms. The van der Waals surface area contributed by atoms with Crippen molar-refractivity contribution in [2.24, 2.45) is 4.99 Å². The molecule has 1 aromatic heterocycles. The summed E-state index contributed by atoms with van der Waals surface area (Å²) in [7, 11) is 1.27. The molecule has 1 atom stereocenters. The molecule has 50 heavy (non-hydrogen) atoms. The van der Waals surface area contributed by atoms with Crippen molar-refractivity contribution in [3.8, 4) is 23.0 Å². The van der Waals surface area contributed by atoms with Gasteiger partial charge < -0.3 is 28.4 Å². The zero-order chi connectivity index (χ0) is 35.8. The zero-order valence-corrected chi connectivity index (χ0v) is 29.8. The highest BCUT2D eigenvalue weighted by atomic mass is 32.1. The summed E-state index contributed by atoms with van der Waals surface area (Å²) in [5.41, 5.74) is 3.82. The number of carbonyl (C=O) groups excluding carboxylic acids is 2. The molecule has 2 heterocycles. The number of ether oxygens (including phenoxy) is 6. The number of fused-ring (bicyclic) bond motifs is 1. The van der Waals surface area contributed by atoms with Crippen LogP contribution >= 0.6 is 11.3 Å². The number of benzene rings is 3. The third-order valence-corrected chi connectivity index (χ3v) is 8.74. The first kappa shape index (κ1) is 35.9. The van der Waals surface area contributed by atoms with E-state index in [4.69, 9.17) is 28.4 Å². The van der Waals surface area contributed by atoms with Crippen LogP contribution < -0.4 is 33.8 Å². The summed E-state index contributed by atoms with van der Waals surface area (Å²) >= 11 is 1.21. The van der Waals surface area contributed by atoms with Crippen LogP contribution in [0.2, 0.25) is 0 Å². The van der Waals surface area contributed by atoms with Gasteiger partial charge in [-0.2, -0.15) is 0 Å². The van der Waals surface area contributed by atoms with Crippen LogP contribution in [0.1, 0.15) is 56.0 Å². The molecule has 0 radical (unpaired) electrons. The van der Waals surface area contributed by atoms with Gasteiger partial charge in [-0.1, -0.05) is 53.3 Å². The van der Waals surface area contributed by atoms with Crippen molar-refractivity contribution in [2.75, 3.05) is 33.5 Å². The van der Waals surface area contributed by atoms with Gasteiger partial charge in [-0.3, -0.25) is 9.36 Å². The number of esters is 2. The number of methoxy groups -OCH3 is 1. The fraction of sp³-hybridized carbons (Fsp3) is 0.316. The molecule has 1 aliphatic rings. The third kappa shape index (κ3) is 8.08. The summed E-state index contributed by atoms with van der Waals surface area (Å²) in [6, 6.07) is 17.8. The number of hydrogen-bond donors (Lipinski definition) is 0. The van der Waals surface area contributed by atoms with Gasteiger partial charge in [0.25, 0.3) is 5.56 Å². The quantitative estimate of drug-likeness (QED) is 0.167. The molecule has 5 rings (SSSR count). The van der Waals surface area contributed by atoms with Crippen molar-refractivity contribution in [1.82, 2.24) is 4.57 Å². The Kier molecular flexibility index (Phi) is 11.8. The van der Waals surface area contributed by atoms with Gasteiger partial charge >= 0.3 is 11.9 Å². The fourth-order valence-electron chi connectivity index (χ4n) is 5.38. The molecular formula is C38H40N2O9S. The normalized spacial score (nSPS) is 14.0. The van der Waals surface area contributed by atoms with Gasteiger partial charge in [-0.05, 0) is 81.7 Å². The minimum atomic E-state index is -0.877. The van der Waals surface area contributed by atoms with Crippen LogP contribution in [0.25, 0.3) is 6.08 Å². The standard InChI is InChI=1S/C38H40N2O9S/c1-7-45-30-18-26(14-16-28(30)48-21-25-12-10-23(4)11-13-25)19-32-36(42)40-35(34(37(43)47-9-3)24(5)39-38(40)50-32)27-15-17-29(31(20-27)46-8-2)49-22-33(41)44-6/h10-20,35H,7-9,21-22H2,1-6H3/b32-19-/t35-/m1/s1. The van der Waals surface area contributed by atoms with Gasteiger partial charge in [0, 0.05) is 0 Å². The second-order valence-electron chi connectivity index (χ2n) is 11.2. The second kappa shape index (κ2) is 16.4. The Morgan fingerprint density at radius 2 is 1.52 bits per heavy atom. The van der Waals surface area contributed by atoms with Crippen LogP contribution in [-0.2, 0) is 25.7 Å². The number of rotatable bonds is 14. The van der Waals surface area contributed by atoms with Crippen molar-refractivity contribution >= 4 is 29.4 Å². The first-order chi connectivity index (χ1) is 24.2. The first-order valence-corrected chi connectivity index (χ1v) is 17.1. The van der Waals surface area contributed by atoms with Crippen molar-refractivity contribution in [3.05, 3.63) is 114 Å². The first-order valence-electron chi connectivity index (χ1n) is 16.3. The molecule has 0 aliphatic carbocycles. The number of aromatic nitrogens is 1. The Bertz CT molecular complexity index is 2080. The van der Waals surface area contributed by atoms with Gasteiger partial charge in [0.05, 0.1) is 48.8 Å². The molecule has 11 nitrogen and oxygen atoms in total. The van der Waals surface area contributed by atoms with E-state index in [9.17, 15) is 14.4 Å². The molecule has 0 saturated heterocycles. The largest absolute Gasteiger partial charge is 0.490 e. The van der Waals surface area contributed by atoms with E-state index in [0.29, 0.717) is 63.4 Å². The van der Waals surface area contributed by atoms with E-state index in [2.05, 4.69) is 4.99 Å². The number of nitrogens with zero attached hydrogens (tertiary/aromatic N) is 2. The summed E-state index contributed by atoms with van der Waals surface area (Å²) in [6.45, 7) is 10.1.